The fourth-order valence-corrected chi connectivity index (χ4v) is 2.15. The summed E-state index contributed by atoms with van der Waals surface area (Å²) in [6.07, 6.45) is 4.88. The highest BCUT2D eigenvalue weighted by Crippen LogP contribution is 2.19. The van der Waals surface area contributed by atoms with Crippen LogP contribution in [0.25, 0.3) is 11.3 Å². The second-order valence-electron chi connectivity index (χ2n) is 5.04. The number of nitrogens with zero attached hydrogens (tertiary/aromatic N) is 4. The summed E-state index contributed by atoms with van der Waals surface area (Å²) in [5, 5.41) is 4.01. The average molecular weight is 309 g/mol. The van der Waals surface area contributed by atoms with Crippen LogP contribution in [0.5, 0.6) is 0 Å². The minimum absolute atomic E-state index is 0.166. The standard InChI is InChI=1S/C16H15N5O2/c1-21(16(22)12-4-7-19-15(17)8-12)10-13-9-14(20-23-13)11-2-5-18-6-3-11/h2-9H,10H2,1H3,(H2,17,19). The molecule has 3 aromatic heterocycles. The highest BCUT2D eigenvalue weighted by Gasteiger charge is 2.15. The van der Waals surface area contributed by atoms with Crippen molar-refractivity contribution in [1.29, 1.82) is 0 Å². The lowest BCUT2D eigenvalue weighted by atomic mass is 10.2. The fourth-order valence-electron chi connectivity index (χ4n) is 2.15. The van der Waals surface area contributed by atoms with Crippen molar-refractivity contribution in [2.75, 3.05) is 12.8 Å². The van der Waals surface area contributed by atoms with E-state index >= 15 is 0 Å². The summed E-state index contributed by atoms with van der Waals surface area (Å²) < 4.78 is 5.30. The average Bonchev–Trinajstić information content (AvgIpc) is 3.03. The molecule has 0 atom stereocenters. The third-order valence-corrected chi connectivity index (χ3v) is 3.30. The lowest BCUT2D eigenvalue weighted by Crippen LogP contribution is -2.26. The van der Waals surface area contributed by atoms with Gasteiger partial charge in [0, 0.05) is 42.8 Å². The molecule has 7 nitrogen and oxygen atoms in total. The van der Waals surface area contributed by atoms with Gasteiger partial charge in [0.15, 0.2) is 5.76 Å². The lowest BCUT2D eigenvalue weighted by Gasteiger charge is -2.15. The molecule has 7 heteroatoms. The van der Waals surface area contributed by atoms with E-state index < -0.39 is 0 Å². The summed E-state index contributed by atoms with van der Waals surface area (Å²) in [6, 6.07) is 8.66. The summed E-state index contributed by atoms with van der Waals surface area (Å²) in [6.45, 7) is 0.305. The van der Waals surface area contributed by atoms with Crippen LogP contribution < -0.4 is 5.73 Å². The van der Waals surface area contributed by atoms with E-state index in [1.54, 1.807) is 37.6 Å². The first-order chi connectivity index (χ1) is 11.1. The number of amides is 1. The second kappa shape index (κ2) is 6.27. The molecular formula is C16H15N5O2. The minimum Gasteiger partial charge on any atom is -0.384 e. The molecule has 0 spiro atoms. The molecule has 116 valence electrons. The lowest BCUT2D eigenvalue weighted by molar-refractivity contribution is 0.0772. The molecule has 0 aliphatic carbocycles. The zero-order chi connectivity index (χ0) is 16.2. The van der Waals surface area contributed by atoms with Crippen molar-refractivity contribution in [2.45, 2.75) is 6.54 Å². The minimum atomic E-state index is -0.166. The Kier molecular flexibility index (Phi) is 4.01. The molecule has 3 aromatic rings. The molecule has 0 fully saturated rings. The van der Waals surface area contributed by atoms with Crippen molar-refractivity contribution < 1.29 is 9.32 Å². The van der Waals surface area contributed by atoms with E-state index in [1.165, 1.54) is 11.1 Å². The third kappa shape index (κ3) is 3.34. The zero-order valence-corrected chi connectivity index (χ0v) is 12.5. The number of anilines is 1. The molecule has 0 bridgehead atoms. The summed E-state index contributed by atoms with van der Waals surface area (Å²) in [5.41, 5.74) is 7.70. The number of pyridine rings is 2. The van der Waals surface area contributed by atoms with Gasteiger partial charge in [-0.25, -0.2) is 4.98 Å². The van der Waals surface area contributed by atoms with Gasteiger partial charge in [0.25, 0.3) is 5.91 Å². The Bertz CT molecular complexity index is 816. The van der Waals surface area contributed by atoms with Gasteiger partial charge >= 0.3 is 0 Å². The maximum absolute atomic E-state index is 12.4. The zero-order valence-electron chi connectivity index (χ0n) is 12.5. The Morgan fingerprint density at radius 3 is 2.74 bits per heavy atom. The van der Waals surface area contributed by atoms with E-state index in [4.69, 9.17) is 10.3 Å². The van der Waals surface area contributed by atoms with E-state index in [0.717, 1.165) is 5.56 Å². The highest BCUT2D eigenvalue weighted by molar-refractivity contribution is 5.94. The Hall–Kier alpha value is -3.22. The molecule has 3 heterocycles. The van der Waals surface area contributed by atoms with Crippen LogP contribution in [0.4, 0.5) is 5.82 Å². The molecular weight excluding hydrogens is 294 g/mol. The van der Waals surface area contributed by atoms with Gasteiger partial charge < -0.3 is 15.2 Å². The molecule has 0 saturated heterocycles. The Morgan fingerprint density at radius 2 is 2.00 bits per heavy atom. The molecule has 0 aromatic carbocycles. The Balaban J connectivity index is 1.72. The van der Waals surface area contributed by atoms with Gasteiger partial charge in [0.05, 0.1) is 6.54 Å². The maximum atomic E-state index is 12.4. The van der Waals surface area contributed by atoms with Gasteiger partial charge in [-0.3, -0.25) is 9.78 Å². The van der Waals surface area contributed by atoms with Crippen molar-refractivity contribution in [2.24, 2.45) is 0 Å². The van der Waals surface area contributed by atoms with Crippen molar-refractivity contribution in [3.8, 4) is 11.3 Å². The van der Waals surface area contributed by atoms with Crippen LogP contribution in [0, 0.1) is 0 Å². The van der Waals surface area contributed by atoms with E-state index in [9.17, 15) is 4.79 Å². The first kappa shape index (κ1) is 14.7. The second-order valence-corrected chi connectivity index (χ2v) is 5.04. The molecule has 0 unspecified atom stereocenters. The molecule has 3 rings (SSSR count). The number of hydrogen-bond acceptors (Lipinski definition) is 6. The normalized spacial score (nSPS) is 10.5. The summed E-state index contributed by atoms with van der Waals surface area (Å²) in [5.74, 6) is 0.736. The fraction of sp³-hybridized carbons (Fsp3) is 0.125. The van der Waals surface area contributed by atoms with Gasteiger partial charge in [-0.15, -0.1) is 0 Å². The smallest absolute Gasteiger partial charge is 0.254 e. The van der Waals surface area contributed by atoms with Gasteiger partial charge in [-0.2, -0.15) is 0 Å². The van der Waals surface area contributed by atoms with Crippen LogP contribution in [0.3, 0.4) is 0 Å². The summed E-state index contributed by atoms with van der Waals surface area (Å²) in [4.78, 5) is 21.7. The van der Waals surface area contributed by atoms with Crippen LogP contribution >= 0.6 is 0 Å². The van der Waals surface area contributed by atoms with E-state index in [0.29, 0.717) is 29.4 Å². The molecule has 0 saturated carbocycles. The van der Waals surface area contributed by atoms with Crippen LogP contribution in [0.2, 0.25) is 0 Å². The number of carbonyl (C=O) groups is 1. The summed E-state index contributed by atoms with van der Waals surface area (Å²) >= 11 is 0. The van der Waals surface area contributed by atoms with Gasteiger partial charge in [-0.1, -0.05) is 5.16 Å². The highest BCUT2D eigenvalue weighted by atomic mass is 16.5. The molecule has 2 N–H and O–H groups in total. The van der Waals surface area contributed by atoms with Crippen molar-refractivity contribution in [3.05, 3.63) is 60.2 Å². The number of hydrogen-bond donors (Lipinski definition) is 1. The number of nitrogens with two attached hydrogens (primary N) is 1. The van der Waals surface area contributed by atoms with Crippen LogP contribution in [-0.2, 0) is 6.54 Å². The van der Waals surface area contributed by atoms with Gasteiger partial charge in [-0.05, 0) is 24.3 Å². The summed E-state index contributed by atoms with van der Waals surface area (Å²) in [7, 11) is 1.69. The number of aromatic nitrogens is 3. The predicted octanol–water partition coefficient (Wildman–Crippen LogP) is 1.99. The molecule has 1 amide bonds. The van der Waals surface area contributed by atoms with E-state index in [2.05, 4.69) is 15.1 Å². The van der Waals surface area contributed by atoms with Crippen LogP contribution in [-0.4, -0.2) is 33.0 Å². The van der Waals surface area contributed by atoms with Crippen molar-refractivity contribution in [3.63, 3.8) is 0 Å². The molecule has 0 aliphatic rings. The number of nitrogen functional groups attached to an aromatic ring is 1. The third-order valence-electron chi connectivity index (χ3n) is 3.30. The monoisotopic (exact) mass is 309 g/mol. The van der Waals surface area contributed by atoms with Gasteiger partial charge in [0.1, 0.15) is 11.5 Å². The van der Waals surface area contributed by atoms with Crippen LogP contribution in [0.15, 0.2) is 53.4 Å². The van der Waals surface area contributed by atoms with Gasteiger partial charge in [0.2, 0.25) is 0 Å². The molecule has 0 aliphatic heterocycles. The van der Waals surface area contributed by atoms with Crippen LogP contribution in [0.1, 0.15) is 16.1 Å². The Labute approximate surface area is 132 Å². The molecule has 23 heavy (non-hydrogen) atoms. The number of carbonyl (C=O) groups excluding carboxylic acids is 1. The number of rotatable bonds is 4. The first-order valence-corrected chi connectivity index (χ1v) is 6.96. The maximum Gasteiger partial charge on any atom is 0.254 e. The SMILES string of the molecule is CN(Cc1cc(-c2ccncc2)no1)C(=O)c1ccnc(N)c1. The first-order valence-electron chi connectivity index (χ1n) is 6.96. The quantitative estimate of drug-likeness (QED) is 0.791. The van der Waals surface area contributed by atoms with Crippen molar-refractivity contribution in [1.82, 2.24) is 20.0 Å². The van der Waals surface area contributed by atoms with E-state index in [-0.39, 0.29) is 5.91 Å². The van der Waals surface area contributed by atoms with E-state index in [1.807, 2.05) is 12.1 Å². The topological polar surface area (TPSA) is 98.1 Å². The molecule has 0 radical (unpaired) electrons. The largest absolute Gasteiger partial charge is 0.384 e. The predicted molar refractivity (Wildman–Crippen MR) is 84.2 cm³/mol. The Morgan fingerprint density at radius 1 is 1.22 bits per heavy atom. The van der Waals surface area contributed by atoms with Crippen molar-refractivity contribution >= 4 is 11.7 Å².